The number of aromatic hydroxyl groups is 1. The molecule has 1 heterocycles. The third-order valence-corrected chi connectivity index (χ3v) is 1.65. The smallest absolute Gasteiger partial charge is 0.432 e. The predicted molar refractivity (Wildman–Crippen MR) is 48.7 cm³/mol. The molecule has 0 saturated carbocycles. The minimum atomic E-state index is 0.177. The number of nitrogens with one attached hydrogen (secondary N) is 1. The monoisotopic (exact) mass is 177 g/mol. The number of nitrogens with zero attached hydrogens (tertiary/aromatic N) is 3. The largest absolute Gasteiger partial charge is 0.506 e. The fraction of sp³-hybridized carbons (Fsp3) is 0.125. The van der Waals surface area contributed by atoms with Crippen LogP contribution >= 0.6 is 0 Å². The van der Waals surface area contributed by atoms with E-state index in [9.17, 15) is 5.11 Å². The molecule has 1 aromatic carbocycles. The van der Waals surface area contributed by atoms with Crippen molar-refractivity contribution in [2.24, 2.45) is 0 Å². The maximum Gasteiger partial charge on any atom is 0.432 e. The fourth-order valence-corrected chi connectivity index (χ4v) is 1.05. The third kappa shape index (κ3) is 1.35. The molecule has 0 aliphatic carbocycles. The Morgan fingerprint density at radius 3 is 2.85 bits per heavy atom. The van der Waals surface area contributed by atoms with Crippen LogP contribution in [0, 0.1) is 6.19 Å². The molecule has 1 aromatic rings. The second-order valence-electron chi connectivity index (χ2n) is 2.66. The van der Waals surface area contributed by atoms with Gasteiger partial charge in [0.25, 0.3) is 0 Å². The number of hydrogen-bond acceptors (Lipinski definition) is 4. The molecule has 0 amide bonds. The summed E-state index contributed by atoms with van der Waals surface area (Å²) in [6, 6.07) is 6.94. The molecule has 5 nitrogen and oxygen atoms in total. The van der Waals surface area contributed by atoms with Crippen molar-refractivity contribution in [3.63, 3.8) is 0 Å². The van der Waals surface area contributed by atoms with Crippen LogP contribution < -0.4 is 10.7 Å². The molecule has 0 unspecified atom stereocenters. The van der Waals surface area contributed by atoms with E-state index in [1.165, 1.54) is 5.12 Å². The first kappa shape index (κ1) is 7.71. The quantitative estimate of drug-likeness (QED) is 0.622. The summed E-state index contributed by atoms with van der Waals surface area (Å²) >= 11 is 0. The van der Waals surface area contributed by atoms with Crippen LogP contribution in [0.25, 0.3) is 4.95 Å². The molecule has 0 aromatic heterocycles. The highest BCUT2D eigenvalue weighted by Crippen LogP contribution is 2.26. The average molecular weight is 177 g/mol. The summed E-state index contributed by atoms with van der Waals surface area (Å²) in [5.41, 5.74) is 3.44. The van der Waals surface area contributed by atoms with Crippen LogP contribution in [-0.2, 0) is 0 Å². The molecular formula is C8H9N4O+. The Balaban J connectivity index is 2.29. The van der Waals surface area contributed by atoms with Gasteiger partial charge in [-0.2, -0.15) is 0 Å². The van der Waals surface area contributed by atoms with Crippen molar-refractivity contribution < 1.29 is 5.11 Å². The van der Waals surface area contributed by atoms with Crippen LogP contribution in [0.5, 0.6) is 5.75 Å². The Hall–Kier alpha value is -1.93. The first-order chi connectivity index (χ1) is 6.27. The van der Waals surface area contributed by atoms with Crippen LogP contribution in [0.1, 0.15) is 0 Å². The molecule has 0 spiro atoms. The molecule has 1 aliphatic rings. The van der Waals surface area contributed by atoms with Gasteiger partial charge in [-0.25, -0.2) is 0 Å². The van der Waals surface area contributed by atoms with E-state index in [1.807, 2.05) is 6.07 Å². The van der Waals surface area contributed by atoms with E-state index < -0.39 is 0 Å². The van der Waals surface area contributed by atoms with Crippen molar-refractivity contribution in [2.45, 2.75) is 0 Å². The lowest BCUT2D eigenvalue weighted by molar-refractivity contribution is 0.368. The number of hydrazine groups is 2. The van der Waals surface area contributed by atoms with Crippen molar-refractivity contribution in [3.8, 4) is 11.9 Å². The number of phenols is 1. The number of hydrogen-bond donors (Lipinski definition) is 2. The minimum Gasteiger partial charge on any atom is -0.506 e. The average Bonchev–Trinajstić information content (AvgIpc) is 2.53. The van der Waals surface area contributed by atoms with E-state index in [1.54, 1.807) is 30.3 Å². The van der Waals surface area contributed by atoms with Gasteiger partial charge in [0.05, 0.1) is 0 Å². The van der Waals surface area contributed by atoms with Crippen LogP contribution in [0.15, 0.2) is 24.3 Å². The van der Waals surface area contributed by atoms with Crippen LogP contribution in [0.3, 0.4) is 0 Å². The summed E-state index contributed by atoms with van der Waals surface area (Å²) in [5.74, 6) is 0.177. The van der Waals surface area contributed by atoms with Gasteiger partial charge in [0, 0.05) is 0 Å². The molecule has 2 rings (SSSR count). The standard InChI is InChI=1S/C8H8N4O/c1-11-6-9-12(10-11)7-4-2-3-5-8(7)13/h2-5,10H,1H3/p+1. The van der Waals surface area contributed by atoms with Gasteiger partial charge in [0.1, 0.15) is 12.8 Å². The fourth-order valence-electron chi connectivity index (χ4n) is 1.05. The Kier molecular flexibility index (Phi) is 1.69. The van der Waals surface area contributed by atoms with Gasteiger partial charge in [-0.05, 0) is 27.7 Å². The topological polar surface area (TPSA) is 43.1 Å². The van der Waals surface area contributed by atoms with E-state index in [0.29, 0.717) is 5.69 Å². The molecule has 1 aliphatic heterocycles. The Bertz CT molecular complexity index is 381. The minimum absolute atomic E-state index is 0.177. The van der Waals surface area contributed by atoms with Gasteiger partial charge < -0.3 is 5.11 Å². The highest BCUT2D eigenvalue weighted by Gasteiger charge is 2.23. The van der Waals surface area contributed by atoms with E-state index >= 15 is 0 Å². The second kappa shape index (κ2) is 2.84. The highest BCUT2D eigenvalue weighted by molar-refractivity contribution is 5.58. The Labute approximate surface area is 75.5 Å². The number of rotatable bonds is 1. The Morgan fingerprint density at radius 1 is 1.46 bits per heavy atom. The summed E-state index contributed by atoms with van der Waals surface area (Å²) in [5, 5.41) is 12.5. The van der Waals surface area contributed by atoms with E-state index in [2.05, 4.69) is 16.7 Å². The van der Waals surface area contributed by atoms with Gasteiger partial charge in [-0.15, -0.1) is 5.01 Å². The lowest BCUT2D eigenvalue weighted by Gasteiger charge is -2.07. The molecule has 66 valence electrons. The molecule has 0 saturated heterocycles. The molecule has 0 fully saturated rings. The van der Waals surface area contributed by atoms with Gasteiger partial charge >= 0.3 is 6.19 Å². The highest BCUT2D eigenvalue weighted by atomic mass is 16.3. The molecule has 0 radical (unpaired) electrons. The molecular weight excluding hydrogens is 168 g/mol. The van der Waals surface area contributed by atoms with E-state index in [-0.39, 0.29) is 5.75 Å². The number of phenolic OH excluding ortho intramolecular Hbond substituents is 1. The zero-order valence-electron chi connectivity index (χ0n) is 7.10. The van der Waals surface area contributed by atoms with Crippen LogP contribution in [0.2, 0.25) is 0 Å². The first-order valence-electron chi connectivity index (χ1n) is 3.82. The normalized spacial score (nSPS) is 14.2. The van der Waals surface area contributed by atoms with E-state index in [4.69, 9.17) is 0 Å². The first-order valence-corrected chi connectivity index (χ1v) is 3.82. The van der Waals surface area contributed by atoms with Crippen molar-refractivity contribution in [3.05, 3.63) is 29.2 Å². The van der Waals surface area contributed by atoms with Crippen LogP contribution in [0.4, 0.5) is 5.69 Å². The lowest BCUT2D eigenvalue weighted by atomic mass is 10.3. The Morgan fingerprint density at radius 2 is 2.23 bits per heavy atom. The van der Waals surface area contributed by atoms with Gasteiger partial charge in [-0.3, -0.25) is 0 Å². The SMILES string of the molecule is CN1C#[N+]N(c2ccccc2O)N1. The number of para-hydroxylation sites is 2. The number of anilines is 1. The summed E-state index contributed by atoms with van der Waals surface area (Å²) in [7, 11) is 1.77. The molecule has 0 bridgehead atoms. The van der Waals surface area contributed by atoms with Crippen molar-refractivity contribution >= 4 is 5.69 Å². The second-order valence-corrected chi connectivity index (χ2v) is 2.66. The van der Waals surface area contributed by atoms with Crippen molar-refractivity contribution in [2.75, 3.05) is 12.2 Å². The summed E-state index contributed by atoms with van der Waals surface area (Å²) in [6.45, 7) is 0. The van der Waals surface area contributed by atoms with Gasteiger partial charge in [0.2, 0.25) is 0 Å². The van der Waals surface area contributed by atoms with Crippen molar-refractivity contribution in [1.82, 2.24) is 10.5 Å². The summed E-state index contributed by atoms with van der Waals surface area (Å²) in [4.78, 5) is 3.89. The summed E-state index contributed by atoms with van der Waals surface area (Å²) < 4.78 is 0. The molecule has 13 heavy (non-hydrogen) atoms. The van der Waals surface area contributed by atoms with Gasteiger partial charge in [0.15, 0.2) is 5.69 Å². The number of benzene rings is 1. The maximum atomic E-state index is 9.47. The summed E-state index contributed by atoms with van der Waals surface area (Å²) in [6.07, 6.45) is 2.66. The van der Waals surface area contributed by atoms with Crippen LogP contribution in [-0.4, -0.2) is 17.2 Å². The molecule has 5 heteroatoms. The van der Waals surface area contributed by atoms with Crippen molar-refractivity contribution in [1.29, 1.82) is 0 Å². The predicted octanol–water partition coefficient (Wildman–Crippen LogP) is 0.769. The molecule has 0 atom stereocenters. The lowest BCUT2D eigenvalue weighted by Crippen LogP contribution is -2.37. The van der Waals surface area contributed by atoms with E-state index in [0.717, 1.165) is 0 Å². The maximum absolute atomic E-state index is 9.47. The van der Waals surface area contributed by atoms with Gasteiger partial charge in [-0.1, -0.05) is 12.1 Å². The zero-order chi connectivity index (χ0) is 9.26. The zero-order valence-corrected chi connectivity index (χ0v) is 7.10. The molecule has 2 N–H and O–H groups in total. The third-order valence-electron chi connectivity index (χ3n) is 1.65.